The van der Waals surface area contributed by atoms with Gasteiger partial charge in [-0.05, 0) is 55.3 Å². The Morgan fingerprint density at radius 3 is 2.60 bits per heavy atom. The van der Waals surface area contributed by atoms with Gasteiger partial charge in [-0.25, -0.2) is 5.43 Å². The Morgan fingerprint density at radius 1 is 1.20 bits per heavy atom. The lowest BCUT2D eigenvalue weighted by atomic mass is 10.1. The van der Waals surface area contributed by atoms with E-state index in [4.69, 9.17) is 0 Å². The first-order valence-electron chi connectivity index (χ1n) is 7.62. The Hall–Kier alpha value is -3.48. The number of carbonyl (C=O) groups excluding carboxylic acids is 1. The number of nitro groups is 1. The van der Waals surface area contributed by atoms with E-state index in [0.29, 0.717) is 11.1 Å². The number of nitrogens with one attached hydrogen (secondary N) is 2. The van der Waals surface area contributed by atoms with E-state index in [1.165, 1.54) is 18.3 Å². The second-order valence-corrected chi connectivity index (χ2v) is 5.68. The van der Waals surface area contributed by atoms with E-state index in [-0.39, 0.29) is 11.6 Å². The Kier molecular flexibility index (Phi) is 4.30. The summed E-state index contributed by atoms with van der Waals surface area (Å²) in [6, 6.07) is 11.3. The fourth-order valence-corrected chi connectivity index (χ4v) is 2.51. The maximum atomic E-state index is 12.2. The molecule has 0 unspecified atom stereocenters. The van der Waals surface area contributed by atoms with Crippen molar-refractivity contribution in [2.24, 2.45) is 5.10 Å². The summed E-state index contributed by atoms with van der Waals surface area (Å²) in [5, 5.41) is 15.5. The van der Waals surface area contributed by atoms with Crippen LogP contribution in [0, 0.1) is 24.0 Å². The van der Waals surface area contributed by atoms with Gasteiger partial charge in [-0.1, -0.05) is 0 Å². The minimum Gasteiger partial charge on any atom is -0.358 e. The zero-order valence-electron chi connectivity index (χ0n) is 13.7. The molecule has 0 atom stereocenters. The average Bonchev–Trinajstić information content (AvgIpc) is 2.89. The van der Waals surface area contributed by atoms with Crippen LogP contribution in [0.15, 0.2) is 47.6 Å². The number of aromatic nitrogens is 1. The molecule has 1 heterocycles. The molecule has 0 bridgehead atoms. The summed E-state index contributed by atoms with van der Waals surface area (Å²) in [7, 11) is 0. The third kappa shape index (κ3) is 3.40. The molecule has 2 N–H and O–H groups in total. The topological polar surface area (TPSA) is 100 Å². The van der Waals surface area contributed by atoms with E-state index >= 15 is 0 Å². The molecule has 0 aliphatic rings. The minimum absolute atomic E-state index is 0.00616. The number of nitro benzene ring substituents is 1. The van der Waals surface area contributed by atoms with Crippen molar-refractivity contribution in [1.29, 1.82) is 0 Å². The van der Waals surface area contributed by atoms with Crippen LogP contribution in [0.25, 0.3) is 10.9 Å². The van der Waals surface area contributed by atoms with Crippen LogP contribution in [0.4, 0.5) is 5.69 Å². The molecule has 1 amide bonds. The minimum atomic E-state index is -0.469. The second kappa shape index (κ2) is 6.56. The van der Waals surface area contributed by atoms with Crippen LogP contribution < -0.4 is 5.43 Å². The first kappa shape index (κ1) is 16.4. The lowest BCUT2D eigenvalue weighted by molar-refractivity contribution is -0.384. The van der Waals surface area contributed by atoms with Crippen LogP contribution in [0.5, 0.6) is 0 Å². The molecule has 7 nitrogen and oxygen atoms in total. The van der Waals surface area contributed by atoms with Gasteiger partial charge in [-0.3, -0.25) is 14.9 Å². The highest BCUT2D eigenvalue weighted by Gasteiger charge is 2.09. The molecule has 0 saturated heterocycles. The predicted octanol–water partition coefficient (Wildman–Crippen LogP) is 3.46. The van der Waals surface area contributed by atoms with Crippen molar-refractivity contribution in [2.45, 2.75) is 13.8 Å². The summed E-state index contributed by atoms with van der Waals surface area (Å²) in [4.78, 5) is 25.6. The van der Waals surface area contributed by atoms with E-state index in [1.807, 2.05) is 26.0 Å². The van der Waals surface area contributed by atoms with Gasteiger partial charge in [0.15, 0.2) is 0 Å². The lowest BCUT2D eigenvalue weighted by Crippen LogP contribution is -2.17. The number of hydrogen-bond donors (Lipinski definition) is 2. The third-order valence-electron chi connectivity index (χ3n) is 4.05. The number of aryl methyl sites for hydroxylation is 2. The van der Waals surface area contributed by atoms with Crippen LogP contribution in [-0.4, -0.2) is 22.0 Å². The largest absolute Gasteiger partial charge is 0.358 e. The van der Waals surface area contributed by atoms with Crippen LogP contribution >= 0.6 is 0 Å². The number of hydrazone groups is 1. The number of hydrogen-bond acceptors (Lipinski definition) is 4. The van der Waals surface area contributed by atoms with E-state index in [9.17, 15) is 14.9 Å². The molecule has 25 heavy (non-hydrogen) atoms. The van der Waals surface area contributed by atoms with Crippen molar-refractivity contribution >= 4 is 28.7 Å². The highest BCUT2D eigenvalue weighted by Crippen LogP contribution is 2.22. The van der Waals surface area contributed by atoms with Crippen molar-refractivity contribution in [2.75, 3.05) is 0 Å². The molecule has 1 aromatic heterocycles. The number of rotatable bonds is 4. The number of amides is 1. The average molecular weight is 336 g/mol. The maximum Gasteiger partial charge on any atom is 0.271 e. The highest BCUT2D eigenvalue weighted by atomic mass is 16.6. The molecule has 0 radical (unpaired) electrons. The van der Waals surface area contributed by atoms with Gasteiger partial charge in [-0.2, -0.15) is 5.10 Å². The van der Waals surface area contributed by atoms with Crippen molar-refractivity contribution in [3.05, 3.63) is 75.0 Å². The van der Waals surface area contributed by atoms with Gasteiger partial charge in [0.1, 0.15) is 0 Å². The molecule has 0 spiro atoms. The summed E-state index contributed by atoms with van der Waals surface area (Å²) >= 11 is 0. The van der Waals surface area contributed by atoms with E-state index in [2.05, 4.69) is 15.5 Å². The van der Waals surface area contributed by atoms with E-state index in [1.54, 1.807) is 18.2 Å². The summed E-state index contributed by atoms with van der Waals surface area (Å²) < 4.78 is 0. The van der Waals surface area contributed by atoms with Crippen LogP contribution in [0.1, 0.15) is 27.2 Å². The Balaban J connectivity index is 1.71. The SMILES string of the molecule is Cc1[nH]c2ccc(C(=O)N/N=C/c3ccc([N+](=O)[O-])cc3)cc2c1C. The molecule has 0 saturated carbocycles. The number of H-pyrrole nitrogens is 1. The second-order valence-electron chi connectivity index (χ2n) is 5.68. The molecular weight excluding hydrogens is 320 g/mol. The van der Waals surface area contributed by atoms with Gasteiger partial charge in [0.25, 0.3) is 11.6 Å². The van der Waals surface area contributed by atoms with Gasteiger partial charge >= 0.3 is 0 Å². The molecule has 126 valence electrons. The van der Waals surface area contributed by atoms with E-state index < -0.39 is 4.92 Å². The first-order chi connectivity index (χ1) is 12.0. The smallest absolute Gasteiger partial charge is 0.271 e. The molecule has 0 fully saturated rings. The van der Waals surface area contributed by atoms with Crippen molar-refractivity contribution in [3.63, 3.8) is 0 Å². The molecule has 3 rings (SSSR count). The summed E-state index contributed by atoms with van der Waals surface area (Å²) in [5.74, 6) is -0.321. The molecule has 2 aromatic carbocycles. The number of non-ortho nitro benzene ring substituents is 1. The highest BCUT2D eigenvalue weighted by molar-refractivity contribution is 5.99. The van der Waals surface area contributed by atoms with Crippen LogP contribution in [0.2, 0.25) is 0 Å². The Bertz CT molecular complexity index is 987. The number of carbonyl (C=O) groups is 1. The van der Waals surface area contributed by atoms with Crippen LogP contribution in [-0.2, 0) is 0 Å². The molecule has 0 aliphatic heterocycles. The van der Waals surface area contributed by atoms with Gasteiger partial charge in [-0.15, -0.1) is 0 Å². The standard InChI is InChI=1S/C18H16N4O3/c1-11-12(2)20-17-8-5-14(9-16(11)17)18(23)21-19-10-13-3-6-15(7-4-13)22(24)25/h3-10,20H,1-2H3,(H,21,23)/b19-10+. The summed E-state index contributed by atoms with van der Waals surface area (Å²) in [6.45, 7) is 3.99. The number of aromatic amines is 1. The monoisotopic (exact) mass is 336 g/mol. The fourth-order valence-electron chi connectivity index (χ4n) is 2.51. The summed E-state index contributed by atoms with van der Waals surface area (Å²) in [6.07, 6.45) is 1.44. The van der Waals surface area contributed by atoms with E-state index in [0.717, 1.165) is 22.2 Å². The van der Waals surface area contributed by atoms with Crippen LogP contribution in [0.3, 0.4) is 0 Å². The molecule has 7 heteroatoms. The Morgan fingerprint density at radius 2 is 1.92 bits per heavy atom. The lowest BCUT2D eigenvalue weighted by Gasteiger charge is -2.01. The zero-order chi connectivity index (χ0) is 18.0. The zero-order valence-corrected chi connectivity index (χ0v) is 13.7. The predicted molar refractivity (Wildman–Crippen MR) is 95.9 cm³/mol. The molecule has 3 aromatic rings. The van der Waals surface area contributed by atoms with Gasteiger partial charge in [0, 0.05) is 34.3 Å². The number of nitrogens with zero attached hydrogens (tertiary/aromatic N) is 2. The molecule has 0 aliphatic carbocycles. The van der Waals surface area contributed by atoms with Gasteiger partial charge in [0.2, 0.25) is 0 Å². The van der Waals surface area contributed by atoms with Crippen molar-refractivity contribution in [1.82, 2.24) is 10.4 Å². The number of benzene rings is 2. The maximum absolute atomic E-state index is 12.2. The van der Waals surface area contributed by atoms with Gasteiger partial charge < -0.3 is 4.98 Å². The summed E-state index contributed by atoms with van der Waals surface area (Å²) in [5.41, 5.74) is 6.80. The Labute approximate surface area is 143 Å². The van der Waals surface area contributed by atoms with Crippen molar-refractivity contribution in [3.8, 4) is 0 Å². The third-order valence-corrected chi connectivity index (χ3v) is 4.05. The quantitative estimate of drug-likeness (QED) is 0.433. The normalized spacial score (nSPS) is 11.1. The first-order valence-corrected chi connectivity index (χ1v) is 7.62. The van der Waals surface area contributed by atoms with Gasteiger partial charge in [0.05, 0.1) is 11.1 Å². The number of fused-ring (bicyclic) bond motifs is 1. The fraction of sp³-hybridized carbons (Fsp3) is 0.111. The molecular formula is C18H16N4O3. The van der Waals surface area contributed by atoms with Crippen molar-refractivity contribution < 1.29 is 9.72 Å².